The minimum Gasteiger partial charge on any atom is -0.465 e. The third-order valence-corrected chi connectivity index (χ3v) is 1.72. The summed E-state index contributed by atoms with van der Waals surface area (Å²) in [6, 6.07) is 1.65. The molecule has 7 nitrogen and oxygen atoms in total. The molecule has 0 fully saturated rings. The normalized spacial score (nSPS) is 9.62. The van der Waals surface area contributed by atoms with Crippen LogP contribution in [-0.2, 0) is 9.53 Å². The summed E-state index contributed by atoms with van der Waals surface area (Å²) in [7, 11) is 1.72. The second-order valence-electron chi connectivity index (χ2n) is 2.91. The van der Waals surface area contributed by atoms with Gasteiger partial charge >= 0.3 is 5.97 Å². The highest BCUT2D eigenvalue weighted by Gasteiger charge is 2.04. The molecule has 0 aliphatic rings. The zero-order chi connectivity index (χ0) is 12.0. The van der Waals surface area contributed by atoms with Gasteiger partial charge in [-0.1, -0.05) is 0 Å². The second-order valence-corrected chi connectivity index (χ2v) is 2.91. The Balaban J connectivity index is 2.59. The Hall–Kier alpha value is -2.05. The van der Waals surface area contributed by atoms with Crippen LogP contribution in [0.4, 0.5) is 17.6 Å². The highest BCUT2D eigenvalue weighted by Crippen LogP contribution is 2.11. The van der Waals surface area contributed by atoms with E-state index in [9.17, 15) is 4.79 Å². The zero-order valence-electron chi connectivity index (χ0n) is 9.28. The molecule has 0 radical (unpaired) electrons. The van der Waals surface area contributed by atoms with Gasteiger partial charge in [0.25, 0.3) is 0 Å². The quantitative estimate of drug-likeness (QED) is 0.609. The highest BCUT2D eigenvalue weighted by atomic mass is 16.5. The lowest BCUT2D eigenvalue weighted by molar-refractivity contribution is -0.140. The summed E-state index contributed by atoms with van der Waals surface area (Å²) in [5.74, 6) is 0.854. The van der Waals surface area contributed by atoms with Crippen molar-refractivity contribution in [2.75, 3.05) is 36.6 Å². The molecule has 4 N–H and O–H groups in total. The van der Waals surface area contributed by atoms with Gasteiger partial charge in [-0.2, -0.15) is 9.97 Å². The Morgan fingerprint density at radius 1 is 1.50 bits per heavy atom. The first-order chi connectivity index (χ1) is 7.65. The van der Waals surface area contributed by atoms with Crippen LogP contribution < -0.4 is 16.4 Å². The van der Waals surface area contributed by atoms with Gasteiger partial charge in [-0.05, 0) is 6.92 Å². The maximum Gasteiger partial charge on any atom is 0.325 e. The third kappa shape index (κ3) is 3.60. The van der Waals surface area contributed by atoms with Crippen LogP contribution >= 0.6 is 0 Å². The Labute approximate surface area is 93.4 Å². The SMILES string of the molecule is CCOC(=O)CNc1cc(NC)nc(N)n1. The van der Waals surface area contributed by atoms with Crippen LogP contribution in [0.2, 0.25) is 0 Å². The fourth-order valence-electron chi connectivity index (χ4n) is 1.06. The average molecular weight is 225 g/mol. The van der Waals surface area contributed by atoms with Gasteiger partial charge in [-0.15, -0.1) is 0 Å². The maximum atomic E-state index is 11.1. The van der Waals surface area contributed by atoms with Crippen molar-refractivity contribution in [2.45, 2.75) is 6.92 Å². The summed E-state index contributed by atoms with van der Waals surface area (Å²) in [4.78, 5) is 18.9. The maximum absolute atomic E-state index is 11.1. The molecule has 88 valence electrons. The van der Waals surface area contributed by atoms with E-state index in [-0.39, 0.29) is 18.5 Å². The van der Waals surface area contributed by atoms with E-state index in [4.69, 9.17) is 10.5 Å². The lowest BCUT2D eigenvalue weighted by atomic mass is 10.5. The van der Waals surface area contributed by atoms with Crippen LogP contribution in [0, 0.1) is 0 Å². The molecule has 0 aliphatic carbocycles. The lowest BCUT2D eigenvalue weighted by Crippen LogP contribution is -2.17. The van der Waals surface area contributed by atoms with E-state index < -0.39 is 0 Å². The standard InChI is InChI=1S/C9H15N5O2/c1-3-16-8(15)5-12-7-4-6(11-2)13-9(10)14-7/h4H,3,5H2,1-2H3,(H4,10,11,12,13,14). The molecule has 16 heavy (non-hydrogen) atoms. The first kappa shape index (κ1) is 12.0. The summed E-state index contributed by atoms with van der Waals surface area (Å²) < 4.78 is 4.76. The number of anilines is 3. The van der Waals surface area contributed by atoms with Crippen LogP contribution in [0.5, 0.6) is 0 Å². The molecule has 0 unspecified atom stereocenters. The van der Waals surface area contributed by atoms with Gasteiger partial charge < -0.3 is 21.1 Å². The van der Waals surface area contributed by atoms with Crippen molar-refractivity contribution in [1.82, 2.24) is 9.97 Å². The topological polar surface area (TPSA) is 102 Å². The molecule has 0 atom stereocenters. The second kappa shape index (κ2) is 5.74. The fraction of sp³-hybridized carbons (Fsp3) is 0.444. The number of ether oxygens (including phenoxy) is 1. The van der Waals surface area contributed by atoms with E-state index in [0.717, 1.165) is 0 Å². The molecule has 0 spiro atoms. The molecule has 0 amide bonds. The summed E-state index contributed by atoms with van der Waals surface area (Å²) in [6.07, 6.45) is 0. The van der Waals surface area contributed by atoms with E-state index in [1.807, 2.05) is 0 Å². The number of hydrogen-bond donors (Lipinski definition) is 3. The molecular formula is C9H15N5O2. The van der Waals surface area contributed by atoms with Crippen LogP contribution in [-0.4, -0.2) is 36.1 Å². The van der Waals surface area contributed by atoms with Gasteiger partial charge in [0.1, 0.15) is 18.2 Å². The fourth-order valence-corrected chi connectivity index (χ4v) is 1.06. The molecule has 0 bridgehead atoms. The average Bonchev–Trinajstić information content (AvgIpc) is 2.26. The molecule has 7 heteroatoms. The van der Waals surface area contributed by atoms with E-state index in [0.29, 0.717) is 18.2 Å². The van der Waals surface area contributed by atoms with Crippen LogP contribution in [0.15, 0.2) is 6.07 Å². The van der Waals surface area contributed by atoms with Crippen LogP contribution in [0.3, 0.4) is 0 Å². The van der Waals surface area contributed by atoms with Gasteiger partial charge in [0.05, 0.1) is 6.61 Å². The van der Waals surface area contributed by atoms with Gasteiger partial charge in [0.2, 0.25) is 5.95 Å². The van der Waals surface area contributed by atoms with E-state index >= 15 is 0 Å². The lowest BCUT2D eigenvalue weighted by Gasteiger charge is -2.07. The molecule has 0 aromatic carbocycles. The number of nitrogens with two attached hydrogens (primary N) is 1. The summed E-state index contributed by atoms with van der Waals surface area (Å²) in [6.45, 7) is 2.15. The van der Waals surface area contributed by atoms with E-state index in [1.165, 1.54) is 0 Å². The Morgan fingerprint density at radius 3 is 2.81 bits per heavy atom. The molecule has 1 aromatic rings. The van der Waals surface area contributed by atoms with Gasteiger partial charge in [0.15, 0.2) is 0 Å². The number of carbonyl (C=O) groups excluding carboxylic acids is 1. The van der Waals surface area contributed by atoms with Gasteiger partial charge in [0, 0.05) is 13.1 Å². The van der Waals surface area contributed by atoms with Crippen molar-refractivity contribution in [3.05, 3.63) is 6.07 Å². The van der Waals surface area contributed by atoms with Crippen molar-refractivity contribution in [3.63, 3.8) is 0 Å². The smallest absolute Gasteiger partial charge is 0.325 e. The van der Waals surface area contributed by atoms with Crippen molar-refractivity contribution in [2.24, 2.45) is 0 Å². The Bertz CT molecular complexity index is 369. The first-order valence-corrected chi connectivity index (χ1v) is 4.87. The van der Waals surface area contributed by atoms with Crippen LogP contribution in [0.25, 0.3) is 0 Å². The number of hydrogen-bond acceptors (Lipinski definition) is 7. The predicted molar refractivity (Wildman–Crippen MR) is 61.1 cm³/mol. The predicted octanol–water partition coefficient (Wildman–Crippen LogP) is 0.0755. The number of nitrogen functional groups attached to an aromatic ring is 1. The first-order valence-electron chi connectivity index (χ1n) is 4.87. The summed E-state index contributed by atoms with van der Waals surface area (Å²) in [5, 5.41) is 5.63. The molecule has 1 heterocycles. The zero-order valence-corrected chi connectivity index (χ0v) is 9.28. The number of nitrogens with one attached hydrogen (secondary N) is 2. The monoisotopic (exact) mass is 225 g/mol. The molecule has 1 rings (SSSR count). The number of esters is 1. The summed E-state index contributed by atoms with van der Waals surface area (Å²) >= 11 is 0. The van der Waals surface area contributed by atoms with E-state index in [2.05, 4.69) is 20.6 Å². The van der Waals surface area contributed by atoms with Crippen molar-refractivity contribution >= 4 is 23.6 Å². The molecular weight excluding hydrogens is 210 g/mol. The minimum atomic E-state index is -0.342. The number of nitrogens with zero attached hydrogens (tertiary/aromatic N) is 2. The van der Waals surface area contributed by atoms with Gasteiger partial charge in [-0.25, -0.2) is 0 Å². The van der Waals surface area contributed by atoms with Crippen molar-refractivity contribution < 1.29 is 9.53 Å². The molecule has 0 saturated carbocycles. The Kier molecular flexibility index (Phi) is 4.31. The largest absolute Gasteiger partial charge is 0.465 e. The Morgan fingerprint density at radius 2 is 2.19 bits per heavy atom. The van der Waals surface area contributed by atoms with Gasteiger partial charge in [-0.3, -0.25) is 4.79 Å². The highest BCUT2D eigenvalue weighted by molar-refractivity contribution is 5.74. The molecule has 0 aliphatic heterocycles. The van der Waals surface area contributed by atoms with Crippen LogP contribution in [0.1, 0.15) is 6.92 Å². The summed E-state index contributed by atoms with van der Waals surface area (Å²) in [5.41, 5.74) is 5.48. The third-order valence-electron chi connectivity index (χ3n) is 1.72. The number of aromatic nitrogens is 2. The minimum absolute atomic E-state index is 0.0491. The molecule has 0 saturated heterocycles. The molecule has 1 aromatic heterocycles. The number of carbonyl (C=O) groups is 1. The van der Waals surface area contributed by atoms with E-state index in [1.54, 1.807) is 20.0 Å². The number of rotatable bonds is 5. The van der Waals surface area contributed by atoms with Crippen molar-refractivity contribution in [1.29, 1.82) is 0 Å². The van der Waals surface area contributed by atoms with Crippen molar-refractivity contribution in [3.8, 4) is 0 Å².